The van der Waals surface area contributed by atoms with Gasteiger partial charge in [-0.2, -0.15) is 0 Å². The van der Waals surface area contributed by atoms with Crippen molar-refractivity contribution in [1.29, 1.82) is 0 Å². The first-order chi connectivity index (χ1) is 6.45. The van der Waals surface area contributed by atoms with Gasteiger partial charge in [0.05, 0.1) is 6.61 Å². The summed E-state index contributed by atoms with van der Waals surface area (Å²) in [5.41, 5.74) is 4.85. The maximum Gasteiger partial charge on any atom is 0.404 e. The van der Waals surface area contributed by atoms with Gasteiger partial charge in [0.1, 0.15) is 0 Å². The summed E-state index contributed by atoms with van der Waals surface area (Å²) >= 11 is 0. The second kappa shape index (κ2) is 6.65. The molecule has 0 aromatic rings. The molecule has 0 heterocycles. The van der Waals surface area contributed by atoms with E-state index >= 15 is 0 Å². The maximum absolute atomic E-state index is 10.3. The van der Waals surface area contributed by atoms with Crippen molar-refractivity contribution in [2.45, 2.75) is 46.2 Å². The van der Waals surface area contributed by atoms with Gasteiger partial charge in [-0.15, -0.1) is 0 Å². The molecule has 0 saturated carbocycles. The minimum absolute atomic E-state index is 0.408. The van der Waals surface area contributed by atoms with E-state index in [1.54, 1.807) is 0 Å². The van der Waals surface area contributed by atoms with Gasteiger partial charge in [0.25, 0.3) is 0 Å². The Labute approximate surface area is 86.4 Å². The molecule has 0 saturated heterocycles. The van der Waals surface area contributed by atoms with E-state index in [1.807, 2.05) is 0 Å². The predicted octanol–water partition coefficient (Wildman–Crippen LogP) is 1.59. The van der Waals surface area contributed by atoms with E-state index in [4.69, 9.17) is 5.73 Å². The first-order valence-corrected chi connectivity index (χ1v) is 5.13. The van der Waals surface area contributed by atoms with Gasteiger partial charge in [-0.1, -0.05) is 0 Å². The molecule has 0 aromatic carbocycles. The Balaban J connectivity index is 3.67. The highest BCUT2D eigenvalue weighted by Crippen LogP contribution is 2.05. The van der Waals surface area contributed by atoms with E-state index in [2.05, 4.69) is 37.3 Å². The number of hydrogen-bond donors (Lipinski definition) is 1. The lowest BCUT2D eigenvalue weighted by atomic mass is 10.2. The van der Waals surface area contributed by atoms with Crippen LogP contribution >= 0.6 is 0 Å². The first kappa shape index (κ1) is 13.2. The molecule has 0 atom stereocenters. The lowest BCUT2D eigenvalue weighted by Gasteiger charge is -2.30. The SMILES string of the molecule is CC(C)N(CCCOC(N)=O)C(C)C. The number of primary amides is 1. The fourth-order valence-electron chi connectivity index (χ4n) is 1.53. The molecular weight excluding hydrogens is 180 g/mol. The summed E-state index contributed by atoms with van der Waals surface area (Å²) in [6.45, 7) is 9.99. The highest BCUT2D eigenvalue weighted by atomic mass is 16.5. The predicted molar refractivity (Wildman–Crippen MR) is 57.1 cm³/mol. The topological polar surface area (TPSA) is 55.6 Å². The fourth-order valence-corrected chi connectivity index (χ4v) is 1.53. The monoisotopic (exact) mass is 202 g/mol. The molecule has 2 N–H and O–H groups in total. The van der Waals surface area contributed by atoms with Crippen LogP contribution in [-0.4, -0.2) is 36.2 Å². The van der Waals surface area contributed by atoms with Crippen LogP contribution < -0.4 is 5.73 Å². The molecule has 4 heteroatoms. The van der Waals surface area contributed by atoms with Crippen molar-refractivity contribution in [1.82, 2.24) is 4.90 Å². The standard InChI is InChI=1S/C10H22N2O2/c1-8(2)12(9(3)4)6-5-7-14-10(11)13/h8-9H,5-7H2,1-4H3,(H2,11,13). The Morgan fingerprint density at radius 2 is 1.79 bits per heavy atom. The fraction of sp³-hybridized carbons (Fsp3) is 0.900. The Morgan fingerprint density at radius 3 is 2.14 bits per heavy atom. The zero-order valence-electron chi connectivity index (χ0n) is 9.62. The zero-order valence-corrected chi connectivity index (χ0v) is 9.62. The molecule has 14 heavy (non-hydrogen) atoms. The summed E-state index contributed by atoms with van der Waals surface area (Å²) in [4.78, 5) is 12.6. The van der Waals surface area contributed by atoms with Crippen LogP contribution in [0.3, 0.4) is 0 Å². The summed E-state index contributed by atoms with van der Waals surface area (Å²) < 4.78 is 4.66. The molecule has 0 fully saturated rings. The van der Waals surface area contributed by atoms with Crippen LogP contribution in [0, 0.1) is 0 Å². The number of amides is 1. The van der Waals surface area contributed by atoms with Crippen molar-refractivity contribution in [2.24, 2.45) is 5.73 Å². The van der Waals surface area contributed by atoms with Gasteiger partial charge in [0.15, 0.2) is 0 Å². The van der Waals surface area contributed by atoms with Gasteiger partial charge in [0, 0.05) is 18.6 Å². The van der Waals surface area contributed by atoms with Gasteiger partial charge in [-0.3, -0.25) is 4.90 Å². The Morgan fingerprint density at radius 1 is 1.29 bits per heavy atom. The van der Waals surface area contributed by atoms with Gasteiger partial charge in [-0.25, -0.2) is 4.79 Å². The molecule has 0 aliphatic heterocycles. The summed E-state index contributed by atoms with van der Waals surface area (Å²) in [6, 6.07) is 1.03. The maximum atomic E-state index is 10.3. The van der Waals surface area contributed by atoms with E-state index in [1.165, 1.54) is 0 Å². The normalized spacial score (nSPS) is 11.4. The van der Waals surface area contributed by atoms with Crippen LogP contribution in [0.4, 0.5) is 4.79 Å². The molecule has 84 valence electrons. The van der Waals surface area contributed by atoms with Gasteiger partial charge in [0.2, 0.25) is 0 Å². The van der Waals surface area contributed by atoms with E-state index < -0.39 is 6.09 Å². The lowest BCUT2D eigenvalue weighted by molar-refractivity contribution is 0.131. The lowest BCUT2D eigenvalue weighted by Crippen LogP contribution is -2.38. The van der Waals surface area contributed by atoms with Crippen molar-refractivity contribution in [2.75, 3.05) is 13.2 Å². The third kappa shape index (κ3) is 5.80. The van der Waals surface area contributed by atoms with E-state index in [0.717, 1.165) is 13.0 Å². The number of nitrogens with zero attached hydrogens (tertiary/aromatic N) is 1. The second-order valence-corrected chi connectivity index (χ2v) is 3.95. The highest BCUT2D eigenvalue weighted by molar-refractivity contribution is 5.64. The average molecular weight is 202 g/mol. The number of ether oxygens (including phenoxy) is 1. The summed E-state index contributed by atoms with van der Waals surface area (Å²) in [6.07, 6.45) is 0.143. The number of carbonyl (C=O) groups is 1. The van der Waals surface area contributed by atoms with Crippen molar-refractivity contribution < 1.29 is 9.53 Å². The van der Waals surface area contributed by atoms with Gasteiger partial charge in [-0.05, 0) is 34.1 Å². The third-order valence-electron chi connectivity index (χ3n) is 2.13. The van der Waals surface area contributed by atoms with Crippen LogP contribution in [0.2, 0.25) is 0 Å². The van der Waals surface area contributed by atoms with Crippen LogP contribution in [0.25, 0.3) is 0 Å². The van der Waals surface area contributed by atoms with Crippen LogP contribution in [0.1, 0.15) is 34.1 Å². The van der Waals surface area contributed by atoms with Crippen LogP contribution in [0.15, 0.2) is 0 Å². The van der Waals surface area contributed by atoms with E-state index in [0.29, 0.717) is 18.7 Å². The van der Waals surface area contributed by atoms with Gasteiger partial charge < -0.3 is 10.5 Å². The van der Waals surface area contributed by atoms with Crippen LogP contribution in [0.5, 0.6) is 0 Å². The number of rotatable bonds is 6. The van der Waals surface area contributed by atoms with Crippen molar-refractivity contribution in [3.8, 4) is 0 Å². The number of hydrogen-bond acceptors (Lipinski definition) is 3. The van der Waals surface area contributed by atoms with Crippen LogP contribution in [-0.2, 0) is 4.74 Å². The minimum atomic E-state index is -0.689. The highest BCUT2D eigenvalue weighted by Gasteiger charge is 2.12. The molecule has 0 spiro atoms. The largest absolute Gasteiger partial charge is 0.450 e. The van der Waals surface area contributed by atoms with Crippen molar-refractivity contribution in [3.05, 3.63) is 0 Å². The Kier molecular flexibility index (Phi) is 6.28. The van der Waals surface area contributed by atoms with Gasteiger partial charge >= 0.3 is 6.09 Å². The molecule has 0 radical (unpaired) electrons. The van der Waals surface area contributed by atoms with E-state index in [9.17, 15) is 4.79 Å². The zero-order chi connectivity index (χ0) is 11.1. The molecule has 0 aliphatic rings. The second-order valence-electron chi connectivity index (χ2n) is 3.95. The summed E-state index contributed by atoms with van der Waals surface area (Å²) in [7, 11) is 0. The summed E-state index contributed by atoms with van der Waals surface area (Å²) in [5, 5.41) is 0. The molecule has 1 amide bonds. The quantitative estimate of drug-likeness (QED) is 0.665. The average Bonchev–Trinajstić information content (AvgIpc) is 2.01. The smallest absolute Gasteiger partial charge is 0.404 e. The molecule has 0 rings (SSSR count). The minimum Gasteiger partial charge on any atom is -0.450 e. The van der Waals surface area contributed by atoms with Crippen molar-refractivity contribution in [3.63, 3.8) is 0 Å². The third-order valence-corrected chi connectivity index (χ3v) is 2.13. The molecule has 0 aliphatic carbocycles. The molecule has 0 bridgehead atoms. The molecule has 0 unspecified atom stereocenters. The summed E-state index contributed by atoms with van der Waals surface area (Å²) in [5.74, 6) is 0. The number of carbonyl (C=O) groups excluding carboxylic acids is 1. The Bertz CT molecular complexity index is 162. The Hall–Kier alpha value is -0.770. The first-order valence-electron chi connectivity index (χ1n) is 5.13. The molecular formula is C10H22N2O2. The molecule has 4 nitrogen and oxygen atoms in total. The number of nitrogens with two attached hydrogens (primary N) is 1. The molecule has 0 aromatic heterocycles. The van der Waals surface area contributed by atoms with E-state index in [-0.39, 0.29) is 0 Å². The van der Waals surface area contributed by atoms with Crippen molar-refractivity contribution >= 4 is 6.09 Å².